The lowest BCUT2D eigenvalue weighted by atomic mass is 9.44. The zero-order chi connectivity index (χ0) is 44.5. The summed E-state index contributed by atoms with van der Waals surface area (Å²) >= 11 is 0. The molecule has 0 aromatic heterocycles. The fourth-order valence-electron chi connectivity index (χ4n) is 22.2. The van der Waals surface area contributed by atoms with Gasteiger partial charge in [-0.15, -0.1) is 0 Å². The van der Waals surface area contributed by atoms with Gasteiger partial charge in [-0.2, -0.15) is 0 Å². The maximum atomic E-state index is 2.71. The molecule has 10 saturated carbocycles. The molecule has 0 nitrogen and oxygen atoms in total. The number of hydrogen-bond acceptors (Lipinski definition) is 0. The molecule has 0 saturated heterocycles. The van der Waals surface area contributed by atoms with Crippen LogP contribution < -0.4 is 0 Å². The van der Waals surface area contributed by atoms with Gasteiger partial charge in [-0.1, -0.05) is 112 Å². The van der Waals surface area contributed by atoms with Crippen LogP contribution in [0.5, 0.6) is 0 Å². The van der Waals surface area contributed by atoms with E-state index in [1.165, 1.54) is 122 Å². The smallest absolute Gasteiger partial charge is 0.00851 e. The minimum atomic E-state index is 0.562. The Labute approximate surface area is 392 Å². The summed E-state index contributed by atoms with van der Waals surface area (Å²) in [5, 5.41) is 0. The number of allylic oxidation sites excluding steroid dienone is 4. The van der Waals surface area contributed by atoms with E-state index < -0.39 is 0 Å². The highest BCUT2D eigenvalue weighted by molar-refractivity contribution is 5.26. The third-order valence-electron chi connectivity index (χ3n) is 27.1. The molecule has 0 heterocycles. The third kappa shape index (κ3) is 7.23. The molecule has 0 aromatic carbocycles. The SMILES string of the molecule is CC1=CCC2C3CCC4C[C@H](C)CCC4(C)C3CCC12C.CC1CCC2C3CCC4=C[C@H](C)CCC4(C)C3CCC12C.CC1CCC2C3CCC4C[C@H](C)CCC4(C)C3CCC12C. The third-order valence-corrected chi connectivity index (χ3v) is 27.1. The van der Waals surface area contributed by atoms with Gasteiger partial charge in [0, 0.05) is 0 Å². The summed E-state index contributed by atoms with van der Waals surface area (Å²) in [6, 6.07) is 0. The molecule has 0 radical (unpaired) electrons. The molecule has 0 bridgehead atoms. The van der Waals surface area contributed by atoms with Crippen LogP contribution in [0.25, 0.3) is 0 Å². The van der Waals surface area contributed by atoms with Gasteiger partial charge in [0.15, 0.2) is 0 Å². The van der Waals surface area contributed by atoms with Gasteiger partial charge in [-0.25, -0.2) is 0 Å². The minimum Gasteiger partial charge on any atom is -0.0847 e. The Hall–Kier alpha value is -0.520. The van der Waals surface area contributed by atoms with Crippen molar-refractivity contribution >= 4 is 0 Å². The number of fused-ring (bicyclic) bond motifs is 15. The highest BCUT2D eigenvalue weighted by atomic mass is 14.7. The van der Waals surface area contributed by atoms with Crippen LogP contribution in [-0.2, 0) is 0 Å². The van der Waals surface area contributed by atoms with E-state index in [1.54, 1.807) is 44.1 Å². The molecule has 10 fully saturated rings. The van der Waals surface area contributed by atoms with E-state index in [2.05, 4.69) is 95.2 Å². The summed E-state index contributed by atoms with van der Waals surface area (Å²) in [6.07, 6.45) is 43.0. The predicted molar refractivity (Wildman–Crippen MR) is 270 cm³/mol. The van der Waals surface area contributed by atoms with Crippen molar-refractivity contribution in [3.05, 3.63) is 23.3 Å². The second-order valence-electron chi connectivity index (χ2n) is 29.2. The highest BCUT2D eigenvalue weighted by Gasteiger charge is 2.61. The summed E-state index contributed by atoms with van der Waals surface area (Å²) in [6.45, 7) is 30.9. The molecule has 19 unspecified atom stereocenters. The molecular formula is C63H104. The minimum absolute atomic E-state index is 0.562. The van der Waals surface area contributed by atoms with Crippen molar-refractivity contribution in [1.29, 1.82) is 0 Å². The quantitative estimate of drug-likeness (QED) is 0.213. The average Bonchev–Trinajstić information content (AvgIpc) is 3.86. The predicted octanol–water partition coefficient (Wildman–Crippen LogP) is 18.7. The van der Waals surface area contributed by atoms with Crippen LogP contribution in [0.15, 0.2) is 23.3 Å². The lowest BCUT2D eigenvalue weighted by Crippen LogP contribution is -2.53. The Bertz CT molecular complexity index is 1690. The summed E-state index contributed by atoms with van der Waals surface area (Å²) in [7, 11) is 0. The topological polar surface area (TPSA) is 0 Å². The highest BCUT2D eigenvalue weighted by Crippen LogP contribution is 2.70. The van der Waals surface area contributed by atoms with Crippen LogP contribution in [-0.4, -0.2) is 0 Å². The summed E-state index contributed by atoms with van der Waals surface area (Å²) in [5.41, 5.74) is 7.49. The molecule has 0 heteroatoms. The van der Waals surface area contributed by atoms with Gasteiger partial charge in [-0.05, 0) is 282 Å². The molecular weight excluding hydrogens is 757 g/mol. The molecule has 0 spiro atoms. The van der Waals surface area contributed by atoms with E-state index in [9.17, 15) is 0 Å². The molecule has 0 N–H and O–H groups in total. The first kappa shape index (κ1) is 46.2. The van der Waals surface area contributed by atoms with Crippen molar-refractivity contribution in [1.82, 2.24) is 0 Å². The normalized spacial score (nSPS) is 57.5. The zero-order valence-electron chi connectivity index (χ0n) is 44.1. The van der Waals surface area contributed by atoms with Gasteiger partial charge < -0.3 is 0 Å². The van der Waals surface area contributed by atoms with Gasteiger partial charge in [0.2, 0.25) is 0 Å². The van der Waals surface area contributed by atoms with Crippen LogP contribution >= 0.6 is 0 Å². The van der Waals surface area contributed by atoms with Crippen LogP contribution in [0.3, 0.4) is 0 Å². The Balaban J connectivity index is 0.000000112. The average molecular weight is 862 g/mol. The summed E-state index contributed by atoms with van der Waals surface area (Å²) in [5.74, 6) is 16.3. The number of hydrogen-bond donors (Lipinski definition) is 0. The van der Waals surface area contributed by atoms with E-state index in [-0.39, 0.29) is 0 Å². The first-order valence-electron chi connectivity index (χ1n) is 29.2. The van der Waals surface area contributed by atoms with Crippen LogP contribution in [0.1, 0.15) is 244 Å². The van der Waals surface area contributed by atoms with E-state index in [0.29, 0.717) is 32.5 Å². The molecule has 12 rings (SSSR count). The van der Waals surface area contributed by atoms with Gasteiger partial charge in [0.05, 0.1) is 0 Å². The number of rotatable bonds is 0. The Morgan fingerprint density at radius 1 is 0.413 bits per heavy atom. The van der Waals surface area contributed by atoms with E-state index >= 15 is 0 Å². The monoisotopic (exact) mass is 861 g/mol. The fourth-order valence-corrected chi connectivity index (χ4v) is 22.2. The maximum absolute atomic E-state index is 2.71. The second-order valence-corrected chi connectivity index (χ2v) is 29.2. The zero-order valence-corrected chi connectivity index (χ0v) is 44.1. The van der Waals surface area contributed by atoms with Gasteiger partial charge in [-0.3, -0.25) is 0 Å². The van der Waals surface area contributed by atoms with E-state index in [0.717, 1.165) is 94.7 Å². The molecule has 12 aliphatic rings. The van der Waals surface area contributed by atoms with Crippen molar-refractivity contribution in [2.45, 2.75) is 244 Å². The second kappa shape index (κ2) is 16.6. The maximum Gasteiger partial charge on any atom is -0.00851 e. The standard InChI is InChI=1S/C21H36.2C21H34/c3*1-14-9-11-21(4)16(13-14)6-7-17-18-8-5-15(2)20(18,3)12-10-19(17)21/h14-19H,5-13H2,1-4H3;13-15,17-19H,5-12H2,1-4H3;5,14,16-19H,6-13H2,1-4H3/t14-,15?,16?,17?,18?,19?,20?,21?;14-,15?,17?,18?,19?,20?,21?;14-,16?,17?,18?,19?,20?,21?/m111/s1. The first-order valence-corrected chi connectivity index (χ1v) is 29.2. The molecule has 0 aliphatic heterocycles. The first-order chi connectivity index (χ1) is 29.8. The molecule has 22 atom stereocenters. The molecule has 63 heavy (non-hydrogen) atoms. The van der Waals surface area contributed by atoms with Crippen LogP contribution in [0, 0.1) is 127 Å². The van der Waals surface area contributed by atoms with Crippen molar-refractivity contribution < 1.29 is 0 Å². The molecule has 356 valence electrons. The summed E-state index contributed by atoms with van der Waals surface area (Å²) < 4.78 is 0. The fraction of sp³-hybridized carbons (Fsp3) is 0.937. The molecule has 0 amide bonds. The van der Waals surface area contributed by atoms with Crippen LogP contribution in [0.2, 0.25) is 0 Å². The Kier molecular flexibility index (Phi) is 12.2. The van der Waals surface area contributed by atoms with Crippen molar-refractivity contribution in [2.75, 3.05) is 0 Å². The van der Waals surface area contributed by atoms with Crippen molar-refractivity contribution in [2.24, 2.45) is 127 Å². The lowest BCUT2D eigenvalue weighted by Gasteiger charge is -2.61. The lowest BCUT2D eigenvalue weighted by molar-refractivity contribution is -0.115. The van der Waals surface area contributed by atoms with Crippen molar-refractivity contribution in [3.8, 4) is 0 Å². The van der Waals surface area contributed by atoms with E-state index in [1.807, 2.05) is 5.57 Å². The Morgan fingerprint density at radius 2 is 0.873 bits per heavy atom. The summed E-state index contributed by atoms with van der Waals surface area (Å²) in [4.78, 5) is 0. The molecule has 0 aromatic rings. The largest absolute Gasteiger partial charge is 0.0847 e. The van der Waals surface area contributed by atoms with Crippen molar-refractivity contribution in [3.63, 3.8) is 0 Å². The molecule has 12 aliphatic carbocycles. The van der Waals surface area contributed by atoms with Gasteiger partial charge in [0.25, 0.3) is 0 Å². The Morgan fingerprint density at radius 3 is 1.44 bits per heavy atom. The van der Waals surface area contributed by atoms with Crippen LogP contribution in [0.4, 0.5) is 0 Å². The van der Waals surface area contributed by atoms with E-state index in [4.69, 9.17) is 0 Å². The van der Waals surface area contributed by atoms with Gasteiger partial charge in [0.1, 0.15) is 0 Å². The van der Waals surface area contributed by atoms with Gasteiger partial charge >= 0.3 is 0 Å².